The molecule has 0 aliphatic carbocycles. The van der Waals surface area contributed by atoms with E-state index in [1.807, 2.05) is 0 Å². The van der Waals surface area contributed by atoms with Crippen LogP contribution >= 0.6 is 11.6 Å². The van der Waals surface area contributed by atoms with Gasteiger partial charge in [0.25, 0.3) is 0 Å². The summed E-state index contributed by atoms with van der Waals surface area (Å²) in [6.45, 7) is 2.32. The second-order valence-corrected chi connectivity index (χ2v) is 7.59. The maximum absolute atomic E-state index is 12.2. The minimum Gasteiger partial charge on any atom is -0.369 e. The van der Waals surface area contributed by atoms with Gasteiger partial charge in [0, 0.05) is 36.6 Å². The molecular formula is C16H17ClN6O2S. The van der Waals surface area contributed by atoms with Crippen molar-refractivity contribution in [1.82, 2.24) is 24.5 Å². The molecule has 26 heavy (non-hydrogen) atoms. The lowest BCUT2D eigenvalue weighted by Gasteiger charge is -2.10. The summed E-state index contributed by atoms with van der Waals surface area (Å²) in [5.41, 5.74) is 0. The van der Waals surface area contributed by atoms with Crippen molar-refractivity contribution in [1.29, 1.82) is 0 Å². The van der Waals surface area contributed by atoms with Gasteiger partial charge in [-0.15, -0.1) is 0 Å². The number of nitrogens with zero attached hydrogens (tertiary/aromatic N) is 4. The molecule has 3 aromatic rings. The van der Waals surface area contributed by atoms with Gasteiger partial charge in [0.2, 0.25) is 10.0 Å². The molecule has 2 heterocycles. The molecule has 0 saturated carbocycles. The van der Waals surface area contributed by atoms with Crippen LogP contribution in [0.3, 0.4) is 0 Å². The van der Waals surface area contributed by atoms with Crippen molar-refractivity contribution in [2.45, 2.75) is 11.8 Å². The van der Waals surface area contributed by atoms with E-state index in [0.29, 0.717) is 29.0 Å². The van der Waals surface area contributed by atoms with E-state index in [1.54, 1.807) is 48.3 Å². The number of nitrogens with one attached hydrogen (secondary N) is 2. The van der Waals surface area contributed by atoms with Crippen molar-refractivity contribution in [3.8, 4) is 5.82 Å². The Labute approximate surface area is 156 Å². The Morgan fingerprint density at radius 1 is 1.15 bits per heavy atom. The number of aromatic nitrogens is 4. The van der Waals surface area contributed by atoms with Gasteiger partial charge in [-0.3, -0.25) is 0 Å². The normalized spacial score (nSPS) is 11.5. The standard InChI is InChI=1S/C16H17ClN6O2S/c1-12-21-15(11-16(22-12)23-9-3-6-19-23)18-7-8-20-26(24,25)14-5-2-4-13(17)10-14/h2-6,9-11,20H,7-8H2,1H3,(H,18,21,22). The van der Waals surface area contributed by atoms with Crippen LogP contribution in [0.5, 0.6) is 0 Å². The fourth-order valence-corrected chi connectivity index (χ4v) is 3.59. The van der Waals surface area contributed by atoms with E-state index >= 15 is 0 Å². The molecule has 136 valence electrons. The molecule has 0 radical (unpaired) electrons. The highest BCUT2D eigenvalue weighted by Gasteiger charge is 2.13. The molecule has 0 saturated heterocycles. The molecule has 1 aromatic carbocycles. The van der Waals surface area contributed by atoms with Crippen LogP contribution in [0.15, 0.2) is 53.7 Å². The molecule has 3 rings (SSSR count). The van der Waals surface area contributed by atoms with Gasteiger partial charge in [0.1, 0.15) is 11.6 Å². The molecule has 0 bridgehead atoms. The summed E-state index contributed by atoms with van der Waals surface area (Å²) in [6, 6.07) is 9.65. The van der Waals surface area contributed by atoms with Crippen molar-refractivity contribution < 1.29 is 8.42 Å². The van der Waals surface area contributed by atoms with Gasteiger partial charge >= 0.3 is 0 Å². The molecule has 0 aliphatic heterocycles. The van der Waals surface area contributed by atoms with Crippen LogP contribution in [0.2, 0.25) is 5.02 Å². The molecule has 8 nitrogen and oxygen atoms in total. The topological polar surface area (TPSA) is 102 Å². The number of hydrogen-bond acceptors (Lipinski definition) is 6. The number of sulfonamides is 1. The number of benzene rings is 1. The van der Waals surface area contributed by atoms with Crippen molar-refractivity contribution >= 4 is 27.4 Å². The summed E-state index contributed by atoms with van der Waals surface area (Å²) in [5, 5.41) is 7.58. The minimum absolute atomic E-state index is 0.129. The molecule has 2 aromatic heterocycles. The molecule has 0 aliphatic rings. The number of rotatable bonds is 7. The average Bonchev–Trinajstić information content (AvgIpc) is 3.13. The fourth-order valence-electron chi connectivity index (χ4n) is 2.26. The predicted octanol–water partition coefficient (Wildman–Crippen LogP) is 2.01. The van der Waals surface area contributed by atoms with Crippen molar-refractivity contribution in [2.24, 2.45) is 0 Å². The molecule has 0 unspecified atom stereocenters. The Morgan fingerprint density at radius 2 is 2.00 bits per heavy atom. The van der Waals surface area contributed by atoms with E-state index in [-0.39, 0.29) is 11.4 Å². The van der Waals surface area contributed by atoms with Crippen molar-refractivity contribution in [3.05, 3.63) is 59.6 Å². The Balaban J connectivity index is 1.60. The number of hydrogen-bond donors (Lipinski definition) is 2. The van der Waals surface area contributed by atoms with Gasteiger partial charge < -0.3 is 5.32 Å². The molecule has 2 N–H and O–H groups in total. The smallest absolute Gasteiger partial charge is 0.240 e. The lowest BCUT2D eigenvalue weighted by molar-refractivity contribution is 0.583. The molecule has 0 spiro atoms. The van der Waals surface area contributed by atoms with Crippen LogP contribution in [-0.2, 0) is 10.0 Å². The third-order valence-corrected chi connectivity index (χ3v) is 5.09. The van der Waals surface area contributed by atoms with E-state index in [2.05, 4.69) is 25.1 Å². The van der Waals surface area contributed by atoms with Crippen molar-refractivity contribution in [2.75, 3.05) is 18.4 Å². The maximum atomic E-state index is 12.2. The summed E-state index contributed by atoms with van der Waals surface area (Å²) in [5.74, 6) is 1.80. The molecule has 0 fully saturated rings. The summed E-state index contributed by atoms with van der Waals surface area (Å²) in [7, 11) is -3.61. The van der Waals surface area contributed by atoms with Crippen LogP contribution < -0.4 is 10.0 Å². The predicted molar refractivity (Wildman–Crippen MR) is 99.0 cm³/mol. The summed E-state index contributed by atoms with van der Waals surface area (Å²) < 4.78 is 28.6. The number of anilines is 1. The van der Waals surface area contributed by atoms with E-state index in [1.165, 1.54) is 12.1 Å². The summed E-state index contributed by atoms with van der Waals surface area (Å²) >= 11 is 5.84. The third-order valence-electron chi connectivity index (χ3n) is 3.39. The lowest BCUT2D eigenvalue weighted by Crippen LogP contribution is -2.29. The lowest BCUT2D eigenvalue weighted by atomic mass is 10.4. The van der Waals surface area contributed by atoms with Crippen LogP contribution in [0.4, 0.5) is 5.82 Å². The van der Waals surface area contributed by atoms with Gasteiger partial charge in [-0.2, -0.15) is 5.10 Å². The average molecular weight is 393 g/mol. The minimum atomic E-state index is -3.61. The molecule has 10 heteroatoms. The van der Waals surface area contributed by atoms with Gasteiger partial charge in [0.15, 0.2) is 5.82 Å². The van der Waals surface area contributed by atoms with Gasteiger partial charge in [-0.25, -0.2) is 27.8 Å². The summed E-state index contributed by atoms with van der Waals surface area (Å²) in [4.78, 5) is 8.74. The second-order valence-electron chi connectivity index (χ2n) is 5.39. The van der Waals surface area contributed by atoms with Gasteiger partial charge in [-0.1, -0.05) is 17.7 Å². The highest BCUT2D eigenvalue weighted by Crippen LogP contribution is 2.15. The highest BCUT2D eigenvalue weighted by atomic mass is 35.5. The zero-order chi connectivity index (χ0) is 18.6. The van der Waals surface area contributed by atoms with E-state index in [4.69, 9.17) is 11.6 Å². The summed E-state index contributed by atoms with van der Waals surface area (Å²) in [6.07, 6.45) is 3.44. The first kappa shape index (κ1) is 18.3. The highest BCUT2D eigenvalue weighted by molar-refractivity contribution is 7.89. The maximum Gasteiger partial charge on any atom is 0.240 e. The van der Waals surface area contributed by atoms with Gasteiger partial charge in [0.05, 0.1) is 4.90 Å². The zero-order valence-corrected chi connectivity index (χ0v) is 15.5. The Bertz CT molecular complexity index is 992. The van der Waals surface area contributed by atoms with Crippen LogP contribution in [-0.4, -0.2) is 41.3 Å². The molecule has 0 atom stereocenters. The van der Waals surface area contributed by atoms with Crippen LogP contribution in [0.25, 0.3) is 5.82 Å². The van der Waals surface area contributed by atoms with Gasteiger partial charge in [-0.05, 0) is 31.2 Å². The first-order valence-electron chi connectivity index (χ1n) is 7.79. The van der Waals surface area contributed by atoms with Crippen LogP contribution in [0, 0.1) is 6.92 Å². The van der Waals surface area contributed by atoms with Crippen LogP contribution in [0.1, 0.15) is 5.82 Å². The Morgan fingerprint density at radius 3 is 2.73 bits per heavy atom. The molecular weight excluding hydrogens is 376 g/mol. The Kier molecular flexibility index (Phi) is 5.50. The van der Waals surface area contributed by atoms with E-state index < -0.39 is 10.0 Å². The monoisotopic (exact) mass is 392 g/mol. The largest absolute Gasteiger partial charge is 0.369 e. The van der Waals surface area contributed by atoms with E-state index in [0.717, 1.165) is 0 Å². The SMILES string of the molecule is Cc1nc(NCCNS(=O)(=O)c2cccc(Cl)c2)cc(-n2cccn2)n1. The fraction of sp³-hybridized carbons (Fsp3) is 0.188. The first-order chi connectivity index (χ1) is 12.4. The van der Waals surface area contributed by atoms with E-state index in [9.17, 15) is 8.42 Å². The first-order valence-corrected chi connectivity index (χ1v) is 9.65. The molecule has 0 amide bonds. The van der Waals surface area contributed by atoms with Crippen molar-refractivity contribution in [3.63, 3.8) is 0 Å². The Hall–Kier alpha value is -2.49. The number of halogens is 1. The zero-order valence-electron chi connectivity index (χ0n) is 13.9. The third kappa shape index (κ3) is 4.57. The number of aryl methyl sites for hydroxylation is 1. The quantitative estimate of drug-likeness (QED) is 0.596. The second kappa shape index (κ2) is 7.81.